The summed E-state index contributed by atoms with van der Waals surface area (Å²) < 4.78 is 15.0. The van der Waals surface area contributed by atoms with Crippen LogP contribution in [0.5, 0.6) is 0 Å². The monoisotopic (exact) mass is 234 g/mol. The van der Waals surface area contributed by atoms with Crippen LogP contribution in [0.4, 0.5) is 4.39 Å². The van der Waals surface area contributed by atoms with E-state index in [2.05, 4.69) is 10.3 Å². The first-order valence-electron chi connectivity index (χ1n) is 5.37. The molecule has 0 fully saturated rings. The van der Waals surface area contributed by atoms with Gasteiger partial charge in [0.05, 0.1) is 17.4 Å². The minimum atomic E-state index is -0.556. The van der Waals surface area contributed by atoms with Crippen molar-refractivity contribution in [2.75, 3.05) is 0 Å². The number of aromatic nitrogens is 3. The van der Waals surface area contributed by atoms with Crippen LogP contribution >= 0.6 is 0 Å². The molecule has 1 aromatic carbocycles. The zero-order valence-electron chi connectivity index (χ0n) is 10.1. The highest BCUT2D eigenvalue weighted by atomic mass is 19.1. The van der Waals surface area contributed by atoms with Gasteiger partial charge in [0.2, 0.25) is 0 Å². The quantitative estimate of drug-likeness (QED) is 0.863. The van der Waals surface area contributed by atoms with Crippen molar-refractivity contribution in [1.29, 1.82) is 0 Å². The summed E-state index contributed by atoms with van der Waals surface area (Å²) in [6, 6.07) is 4.86. The van der Waals surface area contributed by atoms with Gasteiger partial charge in [0.15, 0.2) is 0 Å². The Morgan fingerprint density at radius 3 is 2.65 bits per heavy atom. The van der Waals surface area contributed by atoms with Crippen LogP contribution in [-0.4, -0.2) is 15.0 Å². The van der Waals surface area contributed by atoms with Gasteiger partial charge in [0, 0.05) is 5.56 Å². The maximum absolute atomic E-state index is 13.4. The van der Waals surface area contributed by atoms with Gasteiger partial charge in [-0.25, -0.2) is 9.07 Å². The molecule has 2 rings (SSSR count). The van der Waals surface area contributed by atoms with Crippen molar-refractivity contribution in [3.8, 4) is 5.69 Å². The number of benzene rings is 1. The first kappa shape index (κ1) is 11.7. The maximum atomic E-state index is 13.4. The molecular formula is C12H15FN4. The molecule has 90 valence electrons. The molecule has 0 radical (unpaired) electrons. The molecule has 0 saturated carbocycles. The fourth-order valence-corrected chi connectivity index (χ4v) is 1.52. The molecule has 0 bridgehead atoms. The SMILES string of the molecule is Cc1c(F)cccc1-n1cc(C(C)(C)N)nn1. The summed E-state index contributed by atoms with van der Waals surface area (Å²) >= 11 is 0. The predicted octanol–water partition coefficient (Wildman–Crippen LogP) is 1.91. The van der Waals surface area contributed by atoms with Gasteiger partial charge in [0.1, 0.15) is 11.5 Å². The number of nitrogens with zero attached hydrogens (tertiary/aromatic N) is 3. The molecule has 4 nitrogen and oxygen atoms in total. The highest BCUT2D eigenvalue weighted by Crippen LogP contribution is 2.18. The minimum absolute atomic E-state index is 0.258. The average molecular weight is 234 g/mol. The Hall–Kier alpha value is -1.75. The molecule has 0 unspecified atom stereocenters. The van der Waals surface area contributed by atoms with Crippen molar-refractivity contribution >= 4 is 0 Å². The normalized spacial score (nSPS) is 11.8. The lowest BCUT2D eigenvalue weighted by molar-refractivity contribution is 0.533. The van der Waals surface area contributed by atoms with E-state index in [1.165, 1.54) is 6.07 Å². The van der Waals surface area contributed by atoms with Crippen molar-refractivity contribution in [3.63, 3.8) is 0 Å². The lowest BCUT2D eigenvalue weighted by atomic mass is 10.0. The number of nitrogens with two attached hydrogens (primary N) is 1. The van der Waals surface area contributed by atoms with Crippen LogP contribution in [0, 0.1) is 12.7 Å². The molecular weight excluding hydrogens is 219 g/mol. The fraction of sp³-hybridized carbons (Fsp3) is 0.333. The Kier molecular flexibility index (Phi) is 2.71. The van der Waals surface area contributed by atoms with E-state index in [0.29, 0.717) is 16.9 Å². The summed E-state index contributed by atoms with van der Waals surface area (Å²) in [5, 5.41) is 7.97. The van der Waals surface area contributed by atoms with E-state index in [1.54, 1.807) is 29.9 Å². The lowest BCUT2D eigenvalue weighted by Crippen LogP contribution is -2.29. The summed E-state index contributed by atoms with van der Waals surface area (Å²) in [5.74, 6) is -0.258. The highest BCUT2D eigenvalue weighted by Gasteiger charge is 2.19. The van der Waals surface area contributed by atoms with Crippen molar-refractivity contribution in [2.24, 2.45) is 5.73 Å². The first-order valence-corrected chi connectivity index (χ1v) is 5.37. The summed E-state index contributed by atoms with van der Waals surface area (Å²) in [5.41, 5.74) is 7.25. The minimum Gasteiger partial charge on any atom is -0.320 e. The standard InChI is InChI=1S/C12H15FN4/c1-8-9(13)5-4-6-10(8)17-7-11(15-16-17)12(2,3)14/h4-7H,14H2,1-3H3. The molecule has 0 atom stereocenters. The van der Waals surface area contributed by atoms with Crippen molar-refractivity contribution in [2.45, 2.75) is 26.3 Å². The molecule has 17 heavy (non-hydrogen) atoms. The smallest absolute Gasteiger partial charge is 0.128 e. The van der Waals surface area contributed by atoms with E-state index in [0.717, 1.165) is 0 Å². The van der Waals surface area contributed by atoms with Crippen molar-refractivity contribution in [3.05, 3.63) is 41.5 Å². The molecule has 2 aromatic rings. The van der Waals surface area contributed by atoms with Gasteiger partial charge in [-0.2, -0.15) is 0 Å². The van der Waals surface area contributed by atoms with E-state index in [9.17, 15) is 4.39 Å². The summed E-state index contributed by atoms with van der Waals surface area (Å²) in [6.07, 6.45) is 1.72. The van der Waals surface area contributed by atoms with E-state index >= 15 is 0 Å². The van der Waals surface area contributed by atoms with Crippen LogP contribution in [0.15, 0.2) is 24.4 Å². The van der Waals surface area contributed by atoms with Gasteiger partial charge in [-0.15, -0.1) is 5.10 Å². The lowest BCUT2D eigenvalue weighted by Gasteiger charge is -2.13. The topological polar surface area (TPSA) is 56.7 Å². The second kappa shape index (κ2) is 3.92. The molecule has 0 aliphatic rings. The highest BCUT2D eigenvalue weighted by molar-refractivity contribution is 5.40. The van der Waals surface area contributed by atoms with Crippen LogP contribution < -0.4 is 5.73 Å². The van der Waals surface area contributed by atoms with Crippen molar-refractivity contribution in [1.82, 2.24) is 15.0 Å². The number of hydrogen-bond donors (Lipinski definition) is 1. The van der Waals surface area contributed by atoms with Gasteiger partial charge in [-0.05, 0) is 32.9 Å². The van der Waals surface area contributed by atoms with E-state index in [4.69, 9.17) is 5.73 Å². The average Bonchev–Trinajstić information content (AvgIpc) is 2.70. The number of halogens is 1. The van der Waals surface area contributed by atoms with Crippen LogP contribution in [0.3, 0.4) is 0 Å². The first-order chi connectivity index (χ1) is 7.89. The van der Waals surface area contributed by atoms with Gasteiger partial charge >= 0.3 is 0 Å². The van der Waals surface area contributed by atoms with Crippen LogP contribution in [0.2, 0.25) is 0 Å². The molecule has 1 heterocycles. The Morgan fingerprint density at radius 1 is 1.35 bits per heavy atom. The Balaban J connectivity index is 2.48. The molecule has 0 spiro atoms. The van der Waals surface area contributed by atoms with E-state index in [1.807, 2.05) is 13.8 Å². The zero-order valence-corrected chi connectivity index (χ0v) is 10.1. The van der Waals surface area contributed by atoms with Gasteiger partial charge in [-0.1, -0.05) is 11.3 Å². The number of hydrogen-bond acceptors (Lipinski definition) is 3. The van der Waals surface area contributed by atoms with Crippen LogP contribution in [0.1, 0.15) is 25.1 Å². The summed E-state index contributed by atoms with van der Waals surface area (Å²) in [7, 11) is 0. The third-order valence-electron chi connectivity index (χ3n) is 2.64. The molecule has 1 aromatic heterocycles. The summed E-state index contributed by atoms with van der Waals surface area (Å²) in [6.45, 7) is 5.40. The zero-order chi connectivity index (χ0) is 12.6. The molecule has 0 aliphatic carbocycles. The van der Waals surface area contributed by atoms with E-state index < -0.39 is 5.54 Å². The fourth-order valence-electron chi connectivity index (χ4n) is 1.52. The molecule has 2 N–H and O–H groups in total. The third-order valence-corrected chi connectivity index (χ3v) is 2.64. The molecule has 0 amide bonds. The molecule has 5 heteroatoms. The Labute approximate surface area is 99.2 Å². The second-order valence-electron chi connectivity index (χ2n) is 4.65. The summed E-state index contributed by atoms with van der Waals surface area (Å²) in [4.78, 5) is 0. The third kappa shape index (κ3) is 2.19. The van der Waals surface area contributed by atoms with Gasteiger partial charge < -0.3 is 5.73 Å². The second-order valence-corrected chi connectivity index (χ2v) is 4.65. The van der Waals surface area contributed by atoms with Gasteiger partial charge in [-0.3, -0.25) is 0 Å². The van der Waals surface area contributed by atoms with Crippen LogP contribution in [-0.2, 0) is 5.54 Å². The Bertz CT molecular complexity index is 540. The molecule has 0 aliphatic heterocycles. The predicted molar refractivity (Wildman–Crippen MR) is 63.3 cm³/mol. The maximum Gasteiger partial charge on any atom is 0.128 e. The Morgan fingerprint density at radius 2 is 2.06 bits per heavy atom. The van der Waals surface area contributed by atoms with Gasteiger partial charge in [0.25, 0.3) is 0 Å². The molecule has 0 saturated heterocycles. The van der Waals surface area contributed by atoms with Crippen LogP contribution in [0.25, 0.3) is 5.69 Å². The van der Waals surface area contributed by atoms with Crippen molar-refractivity contribution < 1.29 is 4.39 Å². The number of rotatable bonds is 2. The van der Waals surface area contributed by atoms with E-state index in [-0.39, 0.29) is 5.82 Å². The largest absolute Gasteiger partial charge is 0.320 e.